The fourth-order valence-corrected chi connectivity index (χ4v) is 3.13. The number of halogens is 1. The van der Waals surface area contributed by atoms with Gasteiger partial charge in [0.15, 0.2) is 0 Å². The zero-order valence-corrected chi connectivity index (χ0v) is 14.3. The molecule has 20 heavy (non-hydrogen) atoms. The van der Waals surface area contributed by atoms with Crippen LogP contribution in [0.4, 0.5) is 0 Å². The lowest BCUT2D eigenvalue weighted by Crippen LogP contribution is -2.32. The van der Waals surface area contributed by atoms with Gasteiger partial charge in [-0.1, -0.05) is 41.6 Å². The predicted molar refractivity (Wildman–Crippen MR) is 88.6 cm³/mol. The molecule has 1 aromatic carbocycles. The average molecular weight is 340 g/mol. The lowest BCUT2D eigenvalue weighted by Gasteiger charge is -2.16. The van der Waals surface area contributed by atoms with Gasteiger partial charge >= 0.3 is 0 Å². The Kier molecular flexibility index (Phi) is 6.37. The quantitative estimate of drug-likeness (QED) is 0.616. The second-order valence-corrected chi connectivity index (χ2v) is 6.66. The highest BCUT2D eigenvalue weighted by Gasteiger charge is 2.11. The molecule has 3 heteroatoms. The van der Waals surface area contributed by atoms with Crippen LogP contribution < -0.4 is 10.1 Å². The molecule has 1 saturated carbocycles. The number of aryl methyl sites for hydroxylation is 2. The van der Waals surface area contributed by atoms with E-state index in [1.165, 1.54) is 54.1 Å². The molecule has 1 aliphatic carbocycles. The van der Waals surface area contributed by atoms with E-state index in [4.69, 9.17) is 4.74 Å². The van der Waals surface area contributed by atoms with Crippen LogP contribution in [0.25, 0.3) is 0 Å². The molecule has 1 N–H and O–H groups in total. The van der Waals surface area contributed by atoms with E-state index in [1.54, 1.807) is 0 Å². The van der Waals surface area contributed by atoms with Gasteiger partial charge in [0.2, 0.25) is 0 Å². The third-order valence-electron chi connectivity index (χ3n) is 4.07. The summed E-state index contributed by atoms with van der Waals surface area (Å²) in [6, 6.07) is 4.90. The van der Waals surface area contributed by atoms with Gasteiger partial charge in [-0.05, 0) is 49.9 Å². The van der Waals surface area contributed by atoms with Crippen LogP contribution in [-0.4, -0.2) is 19.2 Å². The third-order valence-corrected chi connectivity index (χ3v) is 5.32. The molecule has 1 fully saturated rings. The molecule has 0 aromatic heterocycles. The van der Waals surface area contributed by atoms with Gasteiger partial charge in [0.25, 0.3) is 0 Å². The fraction of sp³-hybridized carbons (Fsp3) is 0.647. The summed E-state index contributed by atoms with van der Waals surface area (Å²) in [5.74, 6) is 0.978. The van der Waals surface area contributed by atoms with Gasteiger partial charge in [-0.25, -0.2) is 0 Å². The van der Waals surface area contributed by atoms with Crippen molar-refractivity contribution in [2.75, 3.05) is 13.2 Å². The van der Waals surface area contributed by atoms with Crippen molar-refractivity contribution in [1.29, 1.82) is 0 Å². The van der Waals surface area contributed by atoms with E-state index in [0.29, 0.717) is 6.04 Å². The Bertz CT molecular complexity index is 402. The molecule has 1 aromatic rings. The van der Waals surface area contributed by atoms with Crippen molar-refractivity contribution in [1.82, 2.24) is 5.32 Å². The van der Waals surface area contributed by atoms with Gasteiger partial charge in [-0.2, -0.15) is 0 Å². The zero-order chi connectivity index (χ0) is 14.4. The first kappa shape index (κ1) is 15.8. The highest BCUT2D eigenvalue weighted by molar-refractivity contribution is 9.10. The topological polar surface area (TPSA) is 21.3 Å². The van der Waals surface area contributed by atoms with Gasteiger partial charge in [0, 0.05) is 17.1 Å². The molecule has 0 heterocycles. The second-order valence-electron chi connectivity index (χ2n) is 5.86. The first-order chi connectivity index (χ1) is 9.66. The fourth-order valence-electron chi connectivity index (χ4n) is 2.90. The monoisotopic (exact) mass is 339 g/mol. The van der Waals surface area contributed by atoms with E-state index in [0.717, 1.165) is 18.9 Å². The zero-order valence-electron chi connectivity index (χ0n) is 12.7. The lowest BCUT2D eigenvalue weighted by atomic mass is 10.1. The van der Waals surface area contributed by atoms with Crippen LogP contribution in [0.1, 0.15) is 49.7 Å². The van der Waals surface area contributed by atoms with Crippen LogP contribution in [0.15, 0.2) is 16.6 Å². The number of rotatable bonds is 5. The van der Waals surface area contributed by atoms with E-state index in [9.17, 15) is 0 Å². The van der Waals surface area contributed by atoms with Crippen LogP contribution >= 0.6 is 15.9 Å². The molecule has 2 rings (SSSR count). The molecule has 0 saturated heterocycles. The van der Waals surface area contributed by atoms with Crippen molar-refractivity contribution < 1.29 is 4.74 Å². The van der Waals surface area contributed by atoms with Crippen LogP contribution in [0.5, 0.6) is 5.75 Å². The maximum absolute atomic E-state index is 5.86. The van der Waals surface area contributed by atoms with Gasteiger partial charge < -0.3 is 10.1 Å². The van der Waals surface area contributed by atoms with E-state index in [-0.39, 0.29) is 0 Å². The molecule has 0 unspecified atom stereocenters. The number of nitrogens with one attached hydrogen (secondary N) is 1. The summed E-state index contributed by atoms with van der Waals surface area (Å²) < 4.78 is 7.04. The minimum Gasteiger partial charge on any atom is -0.492 e. The van der Waals surface area contributed by atoms with Crippen molar-refractivity contribution in [3.05, 3.63) is 27.7 Å². The molecule has 112 valence electrons. The van der Waals surface area contributed by atoms with Gasteiger partial charge in [-0.15, -0.1) is 0 Å². The van der Waals surface area contributed by atoms with Crippen molar-refractivity contribution in [3.63, 3.8) is 0 Å². The van der Waals surface area contributed by atoms with Gasteiger partial charge in [0.1, 0.15) is 12.4 Å². The van der Waals surface area contributed by atoms with Crippen molar-refractivity contribution in [2.45, 2.75) is 58.4 Å². The Morgan fingerprint density at radius 3 is 2.30 bits per heavy atom. The Labute approximate surface area is 131 Å². The van der Waals surface area contributed by atoms with Crippen LogP contribution in [0.3, 0.4) is 0 Å². The van der Waals surface area contributed by atoms with Crippen molar-refractivity contribution in [3.8, 4) is 5.75 Å². The highest BCUT2D eigenvalue weighted by atomic mass is 79.9. The number of hydrogen-bond donors (Lipinski definition) is 1. The molecule has 2 nitrogen and oxygen atoms in total. The molecular formula is C17H26BrNO. The smallest absolute Gasteiger partial charge is 0.119 e. The molecule has 0 radical (unpaired) electrons. The normalized spacial score (nSPS) is 16.9. The number of hydrogen-bond acceptors (Lipinski definition) is 2. The molecule has 1 aliphatic rings. The summed E-state index contributed by atoms with van der Waals surface area (Å²) in [6.45, 7) is 5.90. The summed E-state index contributed by atoms with van der Waals surface area (Å²) >= 11 is 3.59. The first-order valence-corrected chi connectivity index (χ1v) is 8.59. The van der Waals surface area contributed by atoms with E-state index < -0.39 is 0 Å². The highest BCUT2D eigenvalue weighted by Crippen LogP contribution is 2.26. The summed E-state index contributed by atoms with van der Waals surface area (Å²) in [7, 11) is 0. The molecule has 0 bridgehead atoms. The summed E-state index contributed by atoms with van der Waals surface area (Å²) in [5, 5.41) is 3.64. The standard InChI is InChI=1S/C17H26BrNO/c1-13-11-16(12-14(2)17(13)18)20-10-9-19-15-7-5-3-4-6-8-15/h11-12,15,19H,3-10H2,1-2H3. The Balaban J connectivity index is 1.73. The second kappa shape index (κ2) is 8.04. The maximum Gasteiger partial charge on any atom is 0.119 e. The third kappa shape index (κ3) is 4.78. The Hall–Kier alpha value is -0.540. The summed E-state index contributed by atoms with van der Waals surface area (Å²) in [5.41, 5.74) is 2.47. The van der Waals surface area contributed by atoms with Crippen molar-refractivity contribution >= 4 is 15.9 Å². The molecule has 0 atom stereocenters. The number of ether oxygens (including phenoxy) is 1. The van der Waals surface area contributed by atoms with E-state index in [2.05, 4.69) is 47.2 Å². The molecule has 0 aliphatic heterocycles. The molecule has 0 amide bonds. The molecule has 0 spiro atoms. The first-order valence-electron chi connectivity index (χ1n) is 7.80. The van der Waals surface area contributed by atoms with E-state index in [1.807, 2.05) is 0 Å². The van der Waals surface area contributed by atoms with Gasteiger partial charge in [0.05, 0.1) is 0 Å². The van der Waals surface area contributed by atoms with Crippen LogP contribution in [-0.2, 0) is 0 Å². The average Bonchev–Trinajstić information content (AvgIpc) is 2.69. The minimum absolute atomic E-state index is 0.703. The SMILES string of the molecule is Cc1cc(OCCNC2CCCCCC2)cc(C)c1Br. The molecular weight excluding hydrogens is 314 g/mol. The van der Waals surface area contributed by atoms with Crippen LogP contribution in [0.2, 0.25) is 0 Å². The maximum atomic E-state index is 5.86. The van der Waals surface area contributed by atoms with Crippen molar-refractivity contribution in [2.24, 2.45) is 0 Å². The van der Waals surface area contributed by atoms with Crippen LogP contribution in [0, 0.1) is 13.8 Å². The van der Waals surface area contributed by atoms with E-state index >= 15 is 0 Å². The lowest BCUT2D eigenvalue weighted by molar-refractivity contribution is 0.300. The number of benzene rings is 1. The largest absolute Gasteiger partial charge is 0.492 e. The Morgan fingerprint density at radius 2 is 1.70 bits per heavy atom. The minimum atomic E-state index is 0.703. The summed E-state index contributed by atoms with van der Waals surface area (Å²) in [4.78, 5) is 0. The Morgan fingerprint density at radius 1 is 1.10 bits per heavy atom. The predicted octanol–water partition coefficient (Wildman–Crippen LogP) is 4.76. The van der Waals surface area contributed by atoms with Gasteiger partial charge in [-0.3, -0.25) is 0 Å². The summed E-state index contributed by atoms with van der Waals surface area (Å²) in [6.07, 6.45) is 8.23.